The highest BCUT2D eigenvalue weighted by Crippen LogP contribution is 2.47. The van der Waals surface area contributed by atoms with Gasteiger partial charge in [-0.2, -0.15) is 13.2 Å². The van der Waals surface area contributed by atoms with Gasteiger partial charge in [0.2, 0.25) is 6.86 Å². The molecule has 3 heterocycles. The van der Waals surface area contributed by atoms with Crippen LogP contribution in [0.4, 0.5) is 33.3 Å². The van der Waals surface area contributed by atoms with Crippen LogP contribution in [-0.4, -0.2) is 94.2 Å². The van der Waals surface area contributed by atoms with Crippen LogP contribution in [0.25, 0.3) is 10.1 Å². The van der Waals surface area contributed by atoms with Gasteiger partial charge in [-0.15, -0.1) is 11.3 Å². The van der Waals surface area contributed by atoms with Crippen molar-refractivity contribution in [2.75, 3.05) is 76.6 Å². The molecule has 13 heteroatoms. The van der Waals surface area contributed by atoms with Gasteiger partial charge in [0, 0.05) is 43.8 Å². The number of piperidine rings is 1. The first-order valence-corrected chi connectivity index (χ1v) is 17.4. The molecule has 5 rings (SSSR count). The van der Waals surface area contributed by atoms with Gasteiger partial charge in [-0.05, 0) is 55.7 Å². The van der Waals surface area contributed by atoms with E-state index in [9.17, 15) is 26.5 Å². The van der Waals surface area contributed by atoms with Crippen molar-refractivity contribution < 1.29 is 31.3 Å². The molecule has 2 aliphatic rings. The van der Waals surface area contributed by atoms with Gasteiger partial charge in [0.25, 0.3) is 0 Å². The van der Waals surface area contributed by atoms with Crippen molar-refractivity contribution in [3.63, 3.8) is 0 Å². The molecule has 0 spiro atoms. The second-order valence-electron chi connectivity index (χ2n) is 11.4. The van der Waals surface area contributed by atoms with E-state index in [1.54, 1.807) is 36.4 Å². The standard InChI is InChI=1S/C31H36F5N4O2PS/c1-39-13-15-43(41,16-14-39)21-8-9-26(28(17-21)42-20-32)37-11-4-7-29-23(18-31(34,35)36)22-5-3-6-27(30(22)44-29)38-25-10-12-40(2)19-24(25)33/h3,5-6,8-9,17,24-25,37-38H,10-16,18-20H2,1-2H3/t24-,25+/m1/s1. The first-order valence-electron chi connectivity index (χ1n) is 14.5. The Hall–Kier alpha value is -2.84. The van der Waals surface area contributed by atoms with Crippen molar-refractivity contribution in [3.8, 4) is 17.6 Å². The number of nitrogens with one attached hydrogen (secondary N) is 2. The van der Waals surface area contributed by atoms with Crippen LogP contribution < -0.4 is 20.7 Å². The average Bonchev–Trinajstić information content (AvgIpc) is 3.31. The Bertz CT molecular complexity index is 1570. The quantitative estimate of drug-likeness (QED) is 0.172. The normalized spacial score (nSPS) is 21.1. The van der Waals surface area contributed by atoms with Crippen LogP contribution in [0, 0.1) is 11.8 Å². The van der Waals surface area contributed by atoms with E-state index in [-0.39, 0.29) is 22.7 Å². The second-order valence-corrected chi connectivity index (χ2v) is 15.6. The number of thiophene rings is 1. The maximum Gasteiger partial charge on any atom is 0.393 e. The Balaban J connectivity index is 1.37. The van der Waals surface area contributed by atoms with E-state index in [2.05, 4.69) is 27.4 Å². The largest absolute Gasteiger partial charge is 0.461 e. The van der Waals surface area contributed by atoms with Gasteiger partial charge in [0.1, 0.15) is 19.1 Å². The molecule has 2 atom stereocenters. The number of fused-ring (bicyclic) bond motifs is 1. The Labute approximate surface area is 258 Å². The minimum Gasteiger partial charge on any atom is -0.461 e. The Morgan fingerprint density at radius 3 is 2.57 bits per heavy atom. The Kier molecular flexibility index (Phi) is 10.1. The number of rotatable bonds is 8. The van der Waals surface area contributed by atoms with E-state index < -0.39 is 38.8 Å². The van der Waals surface area contributed by atoms with E-state index in [1.165, 1.54) is 0 Å². The van der Waals surface area contributed by atoms with Gasteiger partial charge < -0.3 is 29.7 Å². The monoisotopic (exact) mass is 654 g/mol. The summed E-state index contributed by atoms with van der Waals surface area (Å²) in [5.41, 5.74) is 1.12. The van der Waals surface area contributed by atoms with Gasteiger partial charge >= 0.3 is 6.18 Å². The van der Waals surface area contributed by atoms with Crippen LogP contribution in [-0.2, 0) is 11.0 Å². The molecule has 0 aliphatic carbocycles. The maximum atomic E-state index is 14.7. The van der Waals surface area contributed by atoms with E-state index in [0.717, 1.165) is 17.9 Å². The predicted molar refractivity (Wildman–Crippen MR) is 169 cm³/mol. The summed E-state index contributed by atoms with van der Waals surface area (Å²) in [6.07, 6.45) is -5.03. The molecule has 2 aliphatic heterocycles. The molecule has 6 nitrogen and oxygen atoms in total. The van der Waals surface area contributed by atoms with E-state index in [1.807, 2.05) is 19.0 Å². The lowest BCUT2D eigenvalue weighted by Crippen LogP contribution is -2.46. The zero-order valence-corrected chi connectivity index (χ0v) is 26.4. The van der Waals surface area contributed by atoms with Gasteiger partial charge in [0.15, 0.2) is 0 Å². The highest BCUT2D eigenvalue weighted by atomic mass is 32.1. The summed E-state index contributed by atoms with van der Waals surface area (Å²) in [5.74, 6) is 6.00. The number of alkyl halides is 5. The van der Waals surface area contributed by atoms with E-state index >= 15 is 0 Å². The fourth-order valence-electron chi connectivity index (χ4n) is 5.68. The predicted octanol–water partition coefficient (Wildman–Crippen LogP) is 6.16. The number of hydrogen-bond donors (Lipinski definition) is 2. The topological polar surface area (TPSA) is 56.8 Å². The first kappa shape index (κ1) is 32.6. The molecule has 3 aromatic rings. The van der Waals surface area contributed by atoms with Crippen molar-refractivity contribution in [3.05, 3.63) is 46.8 Å². The summed E-state index contributed by atoms with van der Waals surface area (Å²) in [6, 6.07) is 9.67. The van der Waals surface area contributed by atoms with Crippen LogP contribution in [0.5, 0.6) is 5.75 Å². The minimum atomic E-state index is -4.44. The molecule has 0 saturated carbocycles. The summed E-state index contributed by atoms with van der Waals surface area (Å²) in [7, 11) is 1.21. The van der Waals surface area contributed by atoms with Crippen molar-refractivity contribution in [1.82, 2.24) is 9.80 Å². The number of likely N-dealkylation sites (tertiary alicyclic amines) is 1. The molecule has 238 valence electrons. The molecule has 2 N–H and O–H groups in total. The van der Waals surface area contributed by atoms with Gasteiger partial charge in [-0.1, -0.05) is 24.0 Å². The fourth-order valence-corrected chi connectivity index (χ4v) is 9.62. The van der Waals surface area contributed by atoms with Crippen molar-refractivity contribution in [2.45, 2.75) is 31.2 Å². The third-order valence-corrected chi connectivity index (χ3v) is 12.4. The lowest BCUT2D eigenvalue weighted by Gasteiger charge is -2.33. The average molecular weight is 655 g/mol. The molecule has 44 heavy (non-hydrogen) atoms. The summed E-state index contributed by atoms with van der Waals surface area (Å²) in [4.78, 5) is 4.31. The molecular weight excluding hydrogens is 618 g/mol. The van der Waals surface area contributed by atoms with E-state index in [0.29, 0.717) is 65.1 Å². The number of nitrogens with zero attached hydrogens (tertiary/aromatic N) is 2. The van der Waals surface area contributed by atoms with Crippen LogP contribution >= 0.6 is 18.5 Å². The summed E-state index contributed by atoms with van der Waals surface area (Å²) >= 11 is 1.15. The lowest BCUT2D eigenvalue weighted by molar-refractivity contribution is -0.126. The summed E-state index contributed by atoms with van der Waals surface area (Å²) in [5, 5.41) is 7.37. The molecule has 2 aromatic carbocycles. The SMILES string of the molecule is CN1CCP(=O)(c2ccc(NCC#Cc3sc4c(N[C@H]5CCN(C)C[C@H]5F)cccc4c3CC(F)(F)F)c(OCF)c2)CC1. The van der Waals surface area contributed by atoms with Crippen molar-refractivity contribution in [2.24, 2.45) is 0 Å². The van der Waals surface area contributed by atoms with Crippen molar-refractivity contribution in [1.29, 1.82) is 0 Å². The highest BCUT2D eigenvalue weighted by molar-refractivity contribution is 7.71. The number of hydrogen-bond acceptors (Lipinski definition) is 7. The lowest BCUT2D eigenvalue weighted by atomic mass is 10.0. The van der Waals surface area contributed by atoms with Crippen molar-refractivity contribution >= 4 is 45.2 Å². The van der Waals surface area contributed by atoms with Crippen LogP contribution in [0.15, 0.2) is 36.4 Å². The number of benzene rings is 2. The smallest absolute Gasteiger partial charge is 0.393 e. The third-order valence-electron chi connectivity index (χ3n) is 8.18. The molecule has 1 aromatic heterocycles. The molecule has 0 amide bonds. The number of halogens is 5. The molecule has 2 fully saturated rings. The zero-order valence-electron chi connectivity index (χ0n) is 24.6. The number of anilines is 2. The summed E-state index contributed by atoms with van der Waals surface area (Å²) < 4.78 is 88.2. The molecule has 0 radical (unpaired) electrons. The minimum absolute atomic E-state index is 0.0500. The van der Waals surface area contributed by atoms with Crippen LogP contribution in [0.2, 0.25) is 0 Å². The number of ether oxygens (including phenoxy) is 1. The molecule has 0 unspecified atom stereocenters. The fraction of sp³-hybridized carbons (Fsp3) is 0.484. The van der Waals surface area contributed by atoms with Crippen LogP contribution in [0.3, 0.4) is 0 Å². The summed E-state index contributed by atoms with van der Waals surface area (Å²) in [6.45, 7) is 1.42. The molecule has 2 saturated heterocycles. The van der Waals surface area contributed by atoms with E-state index in [4.69, 9.17) is 4.74 Å². The van der Waals surface area contributed by atoms with Gasteiger partial charge in [-0.25, -0.2) is 8.78 Å². The van der Waals surface area contributed by atoms with Crippen LogP contribution in [0.1, 0.15) is 16.9 Å². The highest BCUT2D eigenvalue weighted by Gasteiger charge is 2.33. The van der Waals surface area contributed by atoms with Gasteiger partial charge in [0.05, 0.1) is 40.0 Å². The first-order chi connectivity index (χ1) is 21.0. The van der Waals surface area contributed by atoms with Gasteiger partial charge in [-0.3, -0.25) is 0 Å². The Morgan fingerprint density at radius 2 is 1.86 bits per heavy atom. The second kappa shape index (κ2) is 13.7. The molecule has 0 bridgehead atoms. The molecular formula is C31H36F5N4O2PS. The third kappa shape index (κ3) is 7.68. The maximum absolute atomic E-state index is 14.7. The Morgan fingerprint density at radius 1 is 1.09 bits per heavy atom. The zero-order chi connectivity index (χ0) is 31.5.